The molecule has 0 atom stereocenters. The first-order chi connectivity index (χ1) is 11.5. The first-order valence-electron chi connectivity index (χ1n) is 7.73. The number of nitrogens with two attached hydrogens (primary N) is 2. The van der Waals surface area contributed by atoms with Gasteiger partial charge in [0.25, 0.3) is 5.91 Å². The maximum atomic E-state index is 12.8. The Kier molecular flexibility index (Phi) is 5.24. The Labute approximate surface area is 147 Å². The Morgan fingerprint density at radius 3 is 2.16 bits per heavy atom. The summed E-state index contributed by atoms with van der Waals surface area (Å²) < 4.78 is 49.9. The van der Waals surface area contributed by atoms with Crippen LogP contribution in [-0.2, 0) is 26.1 Å². The first-order valence-corrected chi connectivity index (χ1v) is 11.2. The van der Waals surface area contributed by atoms with E-state index in [1.54, 1.807) is 6.92 Å². The highest BCUT2D eigenvalue weighted by Gasteiger charge is 2.36. The smallest absolute Gasteiger partial charge is 0.280 e. The van der Waals surface area contributed by atoms with Crippen LogP contribution in [0, 0.1) is 0 Å². The number of aliphatic imine (C=N–C) groups is 1. The molecule has 138 valence electrons. The number of rotatable bonds is 5. The summed E-state index contributed by atoms with van der Waals surface area (Å²) in [6, 6.07) is 2.33. The van der Waals surface area contributed by atoms with Crippen LogP contribution in [0.2, 0.25) is 0 Å². The van der Waals surface area contributed by atoms with Crippen LogP contribution in [0.4, 0.5) is 0 Å². The molecule has 0 unspecified atom stereocenters. The molecule has 4 N–H and O–H groups in total. The Balaban J connectivity index is 2.77. The SMILES string of the molecule is CCc1cc(S(=O)(=O)C2CCC2)c(S(C)(=O)=O)cc1C(=O)N=C(N)N. The number of sulfone groups is 2. The first kappa shape index (κ1) is 19.4. The van der Waals surface area contributed by atoms with E-state index in [1.807, 2.05) is 0 Å². The van der Waals surface area contributed by atoms with Crippen molar-refractivity contribution < 1.29 is 21.6 Å². The fraction of sp³-hybridized carbons (Fsp3) is 0.467. The highest BCUT2D eigenvalue weighted by molar-refractivity contribution is 7.94. The molecule has 8 nitrogen and oxygen atoms in total. The molecule has 0 heterocycles. The second-order valence-electron chi connectivity index (χ2n) is 6.02. The van der Waals surface area contributed by atoms with E-state index in [4.69, 9.17) is 11.5 Å². The quantitative estimate of drug-likeness (QED) is 0.548. The van der Waals surface area contributed by atoms with Crippen LogP contribution in [0.3, 0.4) is 0 Å². The fourth-order valence-corrected chi connectivity index (χ4v) is 6.16. The number of guanidine groups is 1. The number of aryl methyl sites for hydroxylation is 1. The number of carbonyl (C=O) groups is 1. The molecule has 2 rings (SSSR count). The number of carbonyl (C=O) groups excluding carboxylic acids is 1. The Morgan fingerprint density at radius 1 is 1.16 bits per heavy atom. The van der Waals surface area contributed by atoms with Gasteiger partial charge in [-0.25, -0.2) is 16.8 Å². The van der Waals surface area contributed by atoms with E-state index in [0.717, 1.165) is 18.7 Å². The summed E-state index contributed by atoms with van der Waals surface area (Å²) >= 11 is 0. The lowest BCUT2D eigenvalue weighted by molar-refractivity contribution is 0.100. The minimum atomic E-state index is -3.89. The van der Waals surface area contributed by atoms with Crippen molar-refractivity contribution in [3.8, 4) is 0 Å². The highest BCUT2D eigenvalue weighted by Crippen LogP contribution is 2.35. The molecule has 1 fully saturated rings. The minimum absolute atomic E-state index is 0.0242. The molecule has 0 saturated heterocycles. The zero-order valence-corrected chi connectivity index (χ0v) is 15.7. The molecule has 10 heteroatoms. The van der Waals surface area contributed by atoms with Gasteiger partial charge in [-0.2, -0.15) is 4.99 Å². The van der Waals surface area contributed by atoms with Crippen LogP contribution in [0.1, 0.15) is 42.1 Å². The van der Waals surface area contributed by atoms with Crippen molar-refractivity contribution in [3.63, 3.8) is 0 Å². The van der Waals surface area contributed by atoms with Gasteiger partial charge in [0, 0.05) is 11.8 Å². The van der Waals surface area contributed by atoms with Crippen LogP contribution in [0.5, 0.6) is 0 Å². The molecule has 0 aliphatic heterocycles. The molecule has 1 aromatic carbocycles. The Bertz CT molecular complexity index is 942. The second kappa shape index (κ2) is 6.75. The summed E-state index contributed by atoms with van der Waals surface area (Å²) in [4.78, 5) is 15.0. The van der Waals surface area contributed by atoms with E-state index in [-0.39, 0.29) is 10.5 Å². The number of benzene rings is 1. The van der Waals surface area contributed by atoms with Gasteiger partial charge in [0.2, 0.25) is 0 Å². The summed E-state index contributed by atoms with van der Waals surface area (Å²) in [5.41, 5.74) is 10.8. The van der Waals surface area contributed by atoms with Crippen molar-refractivity contribution in [2.75, 3.05) is 6.26 Å². The van der Waals surface area contributed by atoms with E-state index in [1.165, 1.54) is 6.07 Å². The maximum absolute atomic E-state index is 12.8. The van der Waals surface area contributed by atoms with Crippen LogP contribution in [-0.4, -0.2) is 40.2 Å². The van der Waals surface area contributed by atoms with Gasteiger partial charge in [0.15, 0.2) is 25.6 Å². The lowest BCUT2D eigenvalue weighted by Gasteiger charge is -2.26. The molecule has 0 aromatic heterocycles. The molecular formula is C15H21N3O5S2. The average Bonchev–Trinajstić information content (AvgIpc) is 2.41. The molecule has 1 amide bonds. The summed E-state index contributed by atoms with van der Waals surface area (Å²) in [5.74, 6) is -1.27. The lowest BCUT2D eigenvalue weighted by atomic mass is 10.00. The van der Waals surface area contributed by atoms with E-state index < -0.39 is 41.7 Å². The molecule has 25 heavy (non-hydrogen) atoms. The van der Waals surface area contributed by atoms with Crippen molar-refractivity contribution in [2.24, 2.45) is 16.5 Å². The third kappa shape index (κ3) is 3.84. The van der Waals surface area contributed by atoms with Gasteiger partial charge in [0.05, 0.1) is 15.0 Å². The van der Waals surface area contributed by atoms with Gasteiger partial charge in [-0.3, -0.25) is 4.79 Å². The van der Waals surface area contributed by atoms with Crippen LogP contribution in [0.15, 0.2) is 26.9 Å². The molecule has 1 aliphatic carbocycles. The normalized spacial score (nSPS) is 15.4. The van der Waals surface area contributed by atoms with E-state index in [9.17, 15) is 21.6 Å². The number of amides is 1. The predicted molar refractivity (Wildman–Crippen MR) is 93.9 cm³/mol. The predicted octanol–water partition coefficient (Wildman–Crippen LogP) is 0.392. The van der Waals surface area contributed by atoms with Crippen LogP contribution < -0.4 is 11.5 Å². The fourth-order valence-electron chi connectivity index (χ4n) is 2.64. The highest BCUT2D eigenvalue weighted by atomic mass is 32.2. The van der Waals surface area contributed by atoms with Gasteiger partial charge in [-0.15, -0.1) is 0 Å². The second-order valence-corrected chi connectivity index (χ2v) is 10.2. The molecular weight excluding hydrogens is 366 g/mol. The van der Waals surface area contributed by atoms with E-state index >= 15 is 0 Å². The van der Waals surface area contributed by atoms with Gasteiger partial charge < -0.3 is 11.5 Å². The summed E-state index contributed by atoms with van der Waals surface area (Å²) in [6.07, 6.45) is 3.02. The molecule has 1 aliphatic rings. The molecule has 0 spiro atoms. The molecule has 1 aromatic rings. The summed E-state index contributed by atoms with van der Waals surface area (Å²) in [6.45, 7) is 1.72. The van der Waals surface area contributed by atoms with E-state index in [2.05, 4.69) is 4.99 Å². The molecule has 0 radical (unpaired) electrons. The minimum Gasteiger partial charge on any atom is -0.370 e. The third-order valence-corrected chi connectivity index (χ3v) is 7.77. The van der Waals surface area contributed by atoms with Crippen LogP contribution in [0.25, 0.3) is 0 Å². The number of hydrogen-bond acceptors (Lipinski definition) is 5. The number of hydrogen-bond donors (Lipinski definition) is 2. The average molecular weight is 387 g/mol. The molecule has 1 saturated carbocycles. The van der Waals surface area contributed by atoms with Crippen molar-refractivity contribution >= 4 is 31.5 Å². The summed E-state index contributed by atoms with van der Waals surface area (Å²) in [7, 11) is -7.68. The maximum Gasteiger partial charge on any atom is 0.280 e. The van der Waals surface area contributed by atoms with Crippen molar-refractivity contribution in [1.82, 2.24) is 0 Å². The van der Waals surface area contributed by atoms with Gasteiger partial charge in [0.1, 0.15) is 0 Å². The van der Waals surface area contributed by atoms with Crippen molar-refractivity contribution in [3.05, 3.63) is 23.3 Å². The Hall–Kier alpha value is -1.94. The lowest BCUT2D eigenvalue weighted by Crippen LogP contribution is -2.30. The topological polar surface area (TPSA) is 150 Å². The van der Waals surface area contributed by atoms with Gasteiger partial charge >= 0.3 is 0 Å². The third-order valence-electron chi connectivity index (χ3n) is 4.21. The van der Waals surface area contributed by atoms with Gasteiger partial charge in [-0.1, -0.05) is 13.3 Å². The summed E-state index contributed by atoms with van der Waals surface area (Å²) in [5, 5.41) is -0.586. The zero-order chi connectivity index (χ0) is 19.0. The van der Waals surface area contributed by atoms with Gasteiger partial charge in [-0.05, 0) is 37.0 Å². The number of nitrogens with zero attached hydrogens (tertiary/aromatic N) is 1. The van der Waals surface area contributed by atoms with Crippen LogP contribution >= 0.6 is 0 Å². The molecule has 0 bridgehead atoms. The zero-order valence-electron chi connectivity index (χ0n) is 14.0. The van der Waals surface area contributed by atoms with Crippen molar-refractivity contribution in [1.29, 1.82) is 0 Å². The standard InChI is InChI=1S/C15H21N3O5S2/c1-3-9-7-13(25(22,23)10-5-4-6-10)12(24(2,20)21)8-11(9)14(19)18-15(16)17/h7-8,10H,3-6H2,1-2H3,(H4,16,17,18,19). The monoisotopic (exact) mass is 387 g/mol. The van der Waals surface area contributed by atoms with E-state index in [0.29, 0.717) is 24.8 Å². The van der Waals surface area contributed by atoms with Crippen molar-refractivity contribution in [2.45, 2.75) is 47.6 Å². The largest absolute Gasteiger partial charge is 0.370 e. The Morgan fingerprint density at radius 2 is 1.76 bits per heavy atom.